The number of hydrogen-bond donors (Lipinski definition) is 3. The molecule has 2 amide bonds. The summed E-state index contributed by atoms with van der Waals surface area (Å²) in [5.74, 6) is 0.0491. The molecule has 3 N–H and O–H groups in total. The molecule has 0 radical (unpaired) electrons. The van der Waals surface area contributed by atoms with Gasteiger partial charge in [0.15, 0.2) is 5.82 Å². The van der Waals surface area contributed by atoms with Crippen molar-refractivity contribution in [2.75, 3.05) is 12.4 Å². The van der Waals surface area contributed by atoms with E-state index in [9.17, 15) is 9.59 Å². The Kier molecular flexibility index (Phi) is 4.53. The molecule has 2 aliphatic rings. The Hall–Kier alpha value is -3.22. The number of aromatic amines is 1. The predicted molar refractivity (Wildman–Crippen MR) is 113 cm³/mol. The largest absolute Gasteiger partial charge is 0.355 e. The first-order valence-electron chi connectivity index (χ1n) is 10.4. The topological polar surface area (TPSA) is 86.9 Å². The lowest BCUT2D eigenvalue weighted by Crippen LogP contribution is -2.19. The Bertz CT molecular complexity index is 1160. The molecule has 0 aliphatic heterocycles. The molecule has 0 bridgehead atoms. The van der Waals surface area contributed by atoms with Gasteiger partial charge in [-0.2, -0.15) is 0 Å². The average Bonchev–Trinajstić information content (AvgIpc) is 3.46. The number of aromatic nitrogens is 2. The molecule has 0 unspecified atom stereocenters. The second-order valence-electron chi connectivity index (χ2n) is 8.17. The maximum Gasteiger partial charge on any atom is 0.253 e. The zero-order valence-corrected chi connectivity index (χ0v) is 16.7. The highest BCUT2D eigenvalue weighted by Gasteiger charge is 2.31. The van der Waals surface area contributed by atoms with Crippen LogP contribution in [0.1, 0.15) is 53.9 Å². The number of benzene rings is 1. The quantitative estimate of drug-likeness (QED) is 0.589. The highest BCUT2D eigenvalue weighted by atomic mass is 19.1. The molecule has 3 aromatic rings. The lowest BCUT2D eigenvalue weighted by atomic mass is 9.79. The summed E-state index contributed by atoms with van der Waals surface area (Å²) in [5, 5.41) is 6.06. The average molecular weight is 406 g/mol. The molecule has 30 heavy (non-hydrogen) atoms. The molecule has 2 fully saturated rings. The molecule has 2 heterocycles. The van der Waals surface area contributed by atoms with E-state index in [0.29, 0.717) is 33.5 Å². The van der Waals surface area contributed by atoms with Gasteiger partial charge in [0, 0.05) is 35.8 Å². The van der Waals surface area contributed by atoms with Crippen molar-refractivity contribution in [3.63, 3.8) is 0 Å². The van der Waals surface area contributed by atoms with E-state index in [1.165, 1.54) is 6.20 Å². The smallest absolute Gasteiger partial charge is 0.253 e. The van der Waals surface area contributed by atoms with E-state index in [1.54, 1.807) is 19.2 Å². The fourth-order valence-corrected chi connectivity index (χ4v) is 4.03. The number of rotatable bonds is 5. The van der Waals surface area contributed by atoms with E-state index in [1.807, 2.05) is 12.1 Å². The number of anilines is 1. The third kappa shape index (κ3) is 3.14. The maximum absolute atomic E-state index is 15.3. The normalized spacial score (nSPS) is 16.3. The van der Waals surface area contributed by atoms with Crippen molar-refractivity contribution in [1.82, 2.24) is 15.3 Å². The van der Waals surface area contributed by atoms with Crippen LogP contribution < -0.4 is 10.6 Å². The zero-order valence-electron chi connectivity index (χ0n) is 16.7. The van der Waals surface area contributed by atoms with Gasteiger partial charge in [0.1, 0.15) is 5.82 Å². The molecule has 7 heteroatoms. The molecular weight excluding hydrogens is 383 g/mol. The molecule has 1 aromatic carbocycles. The summed E-state index contributed by atoms with van der Waals surface area (Å²) in [6.45, 7) is 0. The van der Waals surface area contributed by atoms with Crippen molar-refractivity contribution in [1.29, 1.82) is 0 Å². The summed E-state index contributed by atoms with van der Waals surface area (Å²) in [7, 11) is 1.55. The maximum atomic E-state index is 15.3. The van der Waals surface area contributed by atoms with Gasteiger partial charge in [-0.1, -0.05) is 18.6 Å². The summed E-state index contributed by atoms with van der Waals surface area (Å²) in [6, 6.07) is 7.21. The number of carbonyl (C=O) groups is 2. The van der Waals surface area contributed by atoms with E-state index in [2.05, 4.69) is 20.6 Å². The predicted octanol–water partition coefficient (Wildman–Crippen LogP) is 4.34. The van der Waals surface area contributed by atoms with Gasteiger partial charge >= 0.3 is 0 Å². The fraction of sp³-hybridized carbons (Fsp3) is 0.348. The van der Waals surface area contributed by atoms with Crippen LogP contribution in [-0.4, -0.2) is 28.8 Å². The molecule has 5 rings (SSSR count). The van der Waals surface area contributed by atoms with Gasteiger partial charge in [0.05, 0.1) is 11.1 Å². The summed E-state index contributed by atoms with van der Waals surface area (Å²) in [5.41, 5.74) is 2.65. The van der Waals surface area contributed by atoms with Gasteiger partial charge < -0.3 is 15.6 Å². The van der Waals surface area contributed by atoms with Crippen molar-refractivity contribution < 1.29 is 14.0 Å². The van der Waals surface area contributed by atoms with E-state index in [-0.39, 0.29) is 29.5 Å². The second-order valence-corrected chi connectivity index (χ2v) is 8.17. The molecule has 0 saturated heterocycles. The molecule has 2 saturated carbocycles. The first-order valence-corrected chi connectivity index (χ1v) is 10.4. The number of hydrogen-bond acceptors (Lipinski definition) is 3. The van der Waals surface area contributed by atoms with Gasteiger partial charge in [-0.3, -0.25) is 9.59 Å². The molecule has 2 aliphatic carbocycles. The van der Waals surface area contributed by atoms with E-state index in [0.717, 1.165) is 37.7 Å². The second kappa shape index (κ2) is 7.23. The third-order valence-corrected chi connectivity index (χ3v) is 6.19. The van der Waals surface area contributed by atoms with Crippen LogP contribution >= 0.6 is 0 Å². The minimum atomic E-state index is -0.290. The minimum absolute atomic E-state index is 0.0199. The van der Waals surface area contributed by atoms with Crippen LogP contribution in [0.25, 0.3) is 22.2 Å². The van der Waals surface area contributed by atoms with Gasteiger partial charge in [-0.15, -0.1) is 0 Å². The summed E-state index contributed by atoms with van der Waals surface area (Å²) >= 11 is 0. The number of nitrogens with zero attached hydrogens (tertiary/aromatic N) is 1. The van der Waals surface area contributed by atoms with Crippen LogP contribution in [-0.2, 0) is 4.79 Å². The van der Waals surface area contributed by atoms with Crippen LogP contribution in [0.5, 0.6) is 0 Å². The Morgan fingerprint density at radius 1 is 1.20 bits per heavy atom. The number of H-pyrrole nitrogens is 1. The summed E-state index contributed by atoms with van der Waals surface area (Å²) in [4.78, 5) is 32.2. The molecule has 2 aromatic heterocycles. The van der Waals surface area contributed by atoms with Crippen LogP contribution in [0.4, 0.5) is 10.2 Å². The van der Waals surface area contributed by atoms with E-state index >= 15 is 4.39 Å². The molecule has 6 nitrogen and oxygen atoms in total. The van der Waals surface area contributed by atoms with Crippen molar-refractivity contribution >= 4 is 28.5 Å². The monoisotopic (exact) mass is 406 g/mol. The van der Waals surface area contributed by atoms with Gasteiger partial charge in [0.25, 0.3) is 5.91 Å². The molecular formula is C23H23FN4O2. The van der Waals surface area contributed by atoms with Gasteiger partial charge in [-0.05, 0) is 49.3 Å². The molecule has 0 spiro atoms. The standard InChI is InChI=1S/C23H23FN4O2/c1-25-23(30)17-11-26-21(28-22(29)13-8-9-13)20-16(17)10-18(27-20)15-7-3-6-14(19(15)24)12-4-2-5-12/h3,6-7,10-13,27H,2,4-5,8-9H2,1H3,(H,25,30)(H,26,28,29). The van der Waals surface area contributed by atoms with Crippen LogP contribution in [0, 0.1) is 11.7 Å². The lowest BCUT2D eigenvalue weighted by molar-refractivity contribution is -0.117. The SMILES string of the molecule is CNC(=O)c1cnc(NC(=O)C2CC2)c2[nH]c(-c3cccc(C4CCC4)c3F)cc12. The van der Waals surface area contributed by atoms with Crippen molar-refractivity contribution in [3.8, 4) is 11.3 Å². The number of pyridine rings is 1. The van der Waals surface area contributed by atoms with Gasteiger partial charge in [0.2, 0.25) is 5.91 Å². The third-order valence-electron chi connectivity index (χ3n) is 6.19. The minimum Gasteiger partial charge on any atom is -0.355 e. The number of nitrogens with one attached hydrogen (secondary N) is 3. The summed E-state index contributed by atoms with van der Waals surface area (Å²) in [6.07, 6.45) is 6.35. The number of carbonyl (C=O) groups excluding carboxylic acids is 2. The highest BCUT2D eigenvalue weighted by Crippen LogP contribution is 2.40. The van der Waals surface area contributed by atoms with Crippen LogP contribution in [0.15, 0.2) is 30.5 Å². The summed E-state index contributed by atoms with van der Waals surface area (Å²) < 4.78 is 15.3. The fourth-order valence-electron chi connectivity index (χ4n) is 4.03. The Morgan fingerprint density at radius 2 is 2.00 bits per heavy atom. The highest BCUT2D eigenvalue weighted by molar-refractivity contribution is 6.11. The van der Waals surface area contributed by atoms with E-state index in [4.69, 9.17) is 0 Å². The first kappa shape index (κ1) is 18.8. The molecule has 154 valence electrons. The van der Waals surface area contributed by atoms with Crippen LogP contribution in [0.2, 0.25) is 0 Å². The van der Waals surface area contributed by atoms with Gasteiger partial charge in [-0.25, -0.2) is 9.37 Å². The Morgan fingerprint density at radius 3 is 2.67 bits per heavy atom. The Balaban J connectivity index is 1.63. The molecule has 0 atom stereocenters. The van der Waals surface area contributed by atoms with Crippen molar-refractivity contribution in [3.05, 3.63) is 47.4 Å². The van der Waals surface area contributed by atoms with Crippen molar-refractivity contribution in [2.24, 2.45) is 5.92 Å². The number of amides is 2. The first-order chi connectivity index (χ1) is 14.6. The van der Waals surface area contributed by atoms with Crippen LogP contribution in [0.3, 0.4) is 0 Å². The van der Waals surface area contributed by atoms with Crippen molar-refractivity contribution in [2.45, 2.75) is 38.0 Å². The Labute approximate surface area is 173 Å². The van der Waals surface area contributed by atoms with E-state index < -0.39 is 0 Å². The number of halogens is 1. The zero-order chi connectivity index (χ0) is 20.8. The number of fused-ring (bicyclic) bond motifs is 1. The lowest BCUT2D eigenvalue weighted by Gasteiger charge is -2.26.